The summed E-state index contributed by atoms with van der Waals surface area (Å²) in [5.41, 5.74) is 1.12. The number of anilines is 1. The molecular formula is C28H32ClN5O4S. The normalized spacial score (nSPS) is 19.5. The number of carbonyl (C=O) groups excluding carboxylic acids is 2. The summed E-state index contributed by atoms with van der Waals surface area (Å²) in [4.78, 5) is 36.2. The molecule has 9 nitrogen and oxygen atoms in total. The lowest BCUT2D eigenvalue weighted by Gasteiger charge is -2.43. The summed E-state index contributed by atoms with van der Waals surface area (Å²) < 4.78 is 28.4. The smallest absolute Gasteiger partial charge is 0.246 e. The molecule has 2 amide bonds. The predicted octanol–water partition coefficient (Wildman–Crippen LogP) is 3.09. The Kier molecular flexibility index (Phi) is 7.80. The van der Waals surface area contributed by atoms with Crippen LogP contribution in [-0.2, 0) is 19.6 Å². The van der Waals surface area contributed by atoms with Crippen molar-refractivity contribution in [1.29, 1.82) is 0 Å². The Morgan fingerprint density at radius 1 is 1.03 bits per heavy atom. The van der Waals surface area contributed by atoms with E-state index in [2.05, 4.69) is 9.88 Å². The fraction of sp³-hybridized carbons (Fsp3) is 0.393. The summed E-state index contributed by atoms with van der Waals surface area (Å²) in [6.07, 6.45) is 5.30. The molecule has 11 heteroatoms. The summed E-state index contributed by atoms with van der Waals surface area (Å²) in [5, 5.41) is 2.11. The minimum Gasteiger partial charge on any atom is -0.371 e. The van der Waals surface area contributed by atoms with Gasteiger partial charge in [-0.1, -0.05) is 23.7 Å². The summed E-state index contributed by atoms with van der Waals surface area (Å²) in [6.45, 7) is 1.74. The first-order valence-electron chi connectivity index (χ1n) is 13.0. The van der Waals surface area contributed by atoms with E-state index in [-0.39, 0.29) is 35.7 Å². The summed E-state index contributed by atoms with van der Waals surface area (Å²) in [7, 11) is -0.763. The minimum absolute atomic E-state index is 0.0816. The number of sulfonamides is 1. The Balaban J connectivity index is 1.33. The van der Waals surface area contributed by atoms with Gasteiger partial charge in [0.15, 0.2) is 0 Å². The molecule has 2 aliphatic rings. The minimum atomic E-state index is -4.01. The molecule has 5 rings (SSSR count). The number of pyridine rings is 1. The molecule has 2 fully saturated rings. The molecule has 206 valence electrons. The van der Waals surface area contributed by atoms with Crippen LogP contribution in [0.3, 0.4) is 0 Å². The number of aromatic nitrogens is 1. The molecule has 0 bridgehead atoms. The molecule has 1 aromatic heterocycles. The van der Waals surface area contributed by atoms with Gasteiger partial charge in [-0.15, -0.1) is 0 Å². The fourth-order valence-corrected chi connectivity index (χ4v) is 7.02. The number of benzene rings is 2. The number of piperazine rings is 1. The van der Waals surface area contributed by atoms with Gasteiger partial charge in [0.25, 0.3) is 0 Å². The van der Waals surface area contributed by atoms with Crippen molar-refractivity contribution in [3.05, 3.63) is 65.9 Å². The highest BCUT2D eigenvalue weighted by atomic mass is 35.5. The van der Waals surface area contributed by atoms with Gasteiger partial charge >= 0.3 is 0 Å². The zero-order valence-electron chi connectivity index (χ0n) is 22.0. The Morgan fingerprint density at radius 2 is 1.69 bits per heavy atom. The molecule has 0 saturated carbocycles. The number of rotatable bonds is 6. The van der Waals surface area contributed by atoms with Crippen molar-refractivity contribution in [2.24, 2.45) is 5.92 Å². The van der Waals surface area contributed by atoms with Gasteiger partial charge in [0.1, 0.15) is 6.04 Å². The van der Waals surface area contributed by atoms with Gasteiger partial charge in [0.2, 0.25) is 21.8 Å². The van der Waals surface area contributed by atoms with Crippen LogP contribution in [0, 0.1) is 5.92 Å². The second-order valence-corrected chi connectivity index (χ2v) is 12.8. The average molecular weight is 570 g/mol. The Bertz CT molecular complexity index is 1480. The van der Waals surface area contributed by atoms with Crippen LogP contribution in [0.2, 0.25) is 5.02 Å². The van der Waals surface area contributed by atoms with E-state index in [1.807, 2.05) is 12.1 Å². The van der Waals surface area contributed by atoms with E-state index >= 15 is 0 Å². The first-order chi connectivity index (χ1) is 18.6. The van der Waals surface area contributed by atoms with Crippen LogP contribution in [-0.4, -0.2) is 92.2 Å². The van der Waals surface area contributed by atoms with E-state index in [0.29, 0.717) is 11.6 Å². The van der Waals surface area contributed by atoms with Crippen LogP contribution < -0.4 is 4.90 Å². The van der Waals surface area contributed by atoms with Crippen LogP contribution in [0.15, 0.2) is 65.8 Å². The van der Waals surface area contributed by atoms with Crippen molar-refractivity contribution in [2.45, 2.75) is 23.8 Å². The third-order valence-corrected chi connectivity index (χ3v) is 9.66. The lowest BCUT2D eigenvalue weighted by Crippen LogP contribution is -2.63. The Morgan fingerprint density at radius 3 is 2.38 bits per heavy atom. The zero-order valence-corrected chi connectivity index (χ0v) is 23.6. The number of amides is 2. The molecule has 1 unspecified atom stereocenters. The number of fused-ring (bicyclic) bond motifs is 1. The Labute approximate surface area is 234 Å². The standard InChI is InChI=1S/C28H32ClN5O4S/c1-31(2)28(36)26-18-33(39(37,38)25-6-4-21-15-23(29)5-3-22(21)16-25)19-27(35)34(26)17-20-9-13-32(14-10-20)24-7-11-30-12-8-24/h3-8,11-12,15-16,20,26H,9-10,13-14,17-19H2,1-2H3. The van der Waals surface area contributed by atoms with Crippen molar-refractivity contribution in [3.8, 4) is 0 Å². The molecule has 2 saturated heterocycles. The molecule has 39 heavy (non-hydrogen) atoms. The molecule has 2 aliphatic heterocycles. The zero-order chi connectivity index (χ0) is 27.7. The van der Waals surface area contributed by atoms with Gasteiger partial charge in [0, 0.05) is 63.4 Å². The van der Waals surface area contributed by atoms with E-state index in [1.165, 1.54) is 11.0 Å². The fourth-order valence-electron chi connectivity index (χ4n) is 5.40. The van der Waals surface area contributed by atoms with Crippen molar-refractivity contribution in [2.75, 3.05) is 51.7 Å². The predicted molar refractivity (Wildman–Crippen MR) is 151 cm³/mol. The third-order valence-electron chi connectivity index (χ3n) is 7.62. The van der Waals surface area contributed by atoms with Crippen LogP contribution in [0.25, 0.3) is 10.8 Å². The SMILES string of the molecule is CN(C)C(=O)C1CN(S(=O)(=O)c2ccc3cc(Cl)ccc3c2)CC(=O)N1CC1CCN(c2ccncc2)CC1. The topological polar surface area (TPSA) is 94.1 Å². The van der Waals surface area contributed by atoms with Gasteiger partial charge in [-0.3, -0.25) is 14.6 Å². The van der Waals surface area contributed by atoms with Crippen LogP contribution in [0.5, 0.6) is 0 Å². The number of carbonyl (C=O) groups is 2. The molecule has 3 heterocycles. The number of nitrogens with zero attached hydrogens (tertiary/aromatic N) is 5. The Hall–Kier alpha value is -3.21. The van der Waals surface area contributed by atoms with E-state index in [4.69, 9.17) is 11.6 Å². The maximum atomic E-state index is 13.6. The largest absolute Gasteiger partial charge is 0.371 e. The lowest BCUT2D eigenvalue weighted by molar-refractivity contribution is -0.149. The van der Waals surface area contributed by atoms with E-state index < -0.39 is 16.1 Å². The maximum absolute atomic E-state index is 13.6. The molecular weight excluding hydrogens is 538 g/mol. The summed E-state index contributed by atoms with van der Waals surface area (Å²) >= 11 is 6.07. The first kappa shape index (κ1) is 27.4. The molecule has 0 radical (unpaired) electrons. The molecule has 0 spiro atoms. The van der Waals surface area contributed by atoms with Crippen molar-refractivity contribution in [3.63, 3.8) is 0 Å². The quantitative estimate of drug-likeness (QED) is 0.453. The highest BCUT2D eigenvalue weighted by Gasteiger charge is 2.43. The van der Waals surface area contributed by atoms with Crippen LogP contribution in [0.4, 0.5) is 5.69 Å². The van der Waals surface area contributed by atoms with Crippen molar-refractivity contribution < 1.29 is 18.0 Å². The molecule has 0 N–H and O–H groups in total. The summed E-state index contributed by atoms with van der Waals surface area (Å²) in [5.74, 6) is -0.417. The van der Waals surface area contributed by atoms with Crippen LogP contribution in [0.1, 0.15) is 12.8 Å². The summed E-state index contributed by atoms with van der Waals surface area (Å²) in [6, 6.07) is 13.1. The van der Waals surface area contributed by atoms with E-state index in [9.17, 15) is 18.0 Å². The molecule has 1 atom stereocenters. The third kappa shape index (κ3) is 5.73. The van der Waals surface area contributed by atoms with Crippen molar-refractivity contribution >= 4 is 49.9 Å². The number of piperidine rings is 1. The van der Waals surface area contributed by atoms with Gasteiger partial charge < -0.3 is 14.7 Å². The molecule has 0 aliphatic carbocycles. The number of hydrogen-bond donors (Lipinski definition) is 0. The molecule has 3 aromatic rings. The highest BCUT2D eigenvalue weighted by Crippen LogP contribution is 2.29. The van der Waals surface area contributed by atoms with Crippen LogP contribution >= 0.6 is 11.6 Å². The van der Waals surface area contributed by atoms with Crippen molar-refractivity contribution in [1.82, 2.24) is 19.1 Å². The van der Waals surface area contributed by atoms with Gasteiger partial charge in [-0.05, 0) is 65.9 Å². The highest BCUT2D eigenvalue weighted by molar-refractivity contribution is 7.89. The van der Waals surface area contributed by atoms with E-state index in [1.54, 1.807) is 61.7 Å². The maximum Gasteiger partial charge on any atom is 0.246 e. The lowest BCUT2D eigenvalue weighted by atomic mass is 9.94. The number of likely N-dealkylation sites (N-methyl/N-ethyl adjacent to an activating group) is 1. The monoisotopic (exact) mass is 569 g/mol. The average Bonchev–Trinajstić information content (AvgIpc) is 2.94. The second-order valence-electron chi connectivity index (χ2n) is 10.4. The number of halogens is 1. The number of hydrogen-bond acceptors (Lipinski definition) is 6. The van der Waals surface area contributed by atoms with Gasteiger partial charge in [-0.2, -0.15) is 4.31 Å². The van der Waals surface area contributed by atoms with E-state index in [0.717, 1.165) is 46.7 Å². The first-order valence-corrected chi connectivity index (χ1v) is 14.8. The van der Waals surface area contributed by atoms with Gasteiger partial charge in [-0.25, -0.2) is 8.42 Å². The second kappa shape index (κ2) is 11.1. The molecule has 2 aromatic carbocycles. The van der Waals surface area contributed by atoms with Gasteiger partial charge in [0.05, 0.1) is 11.4 Å².